The molecule has 1 aromatic heterocycles. The van der Waals surface area contributed by atoms with Crippen molar-refractivity contribution >= 4 is 0 Å². The van der Waals surface area contributed by atoms with E-state index in [0.29, 0.717) is 0 Å². The van der Waals surface area contributed by atoms with Crippen LogP contribution in [0.5, 0.6) is 5.75 Å². The molecule has 1 aliphatic heterocycles. The van der Waals surface area contributed by atoms with Gasteiger partial charge in [0.15, 0.2) is 5.69 Å². The Kier molecular flexibility index (Phi) is 4.29. The van der Waals surface area contributed by atoms with E-state index in [4.69, 9.17) is 4.74 Å². The van der Waals surface area contributed by atoms with Crippen LogP contribution in [0, 0.1) is 5.92 Å². The van der Waals surface area contributed by atoms with Gasteiger partial charge in [0.2, 0.25) is 0 Å². The number of alkyl halides is 3. The molecule has 1 N–H and O–H groups in total. The van der Waals surface area contributed by atoms with Crippen LogP contribution in [-0.2, 0) is 6.18 Å². The van der Waals surface area contributed by atoms with Crippen molar-refractivity contribution in [1.82, 2.24) is 10.3 Å². The van der Waals surface area contributed by atoms with Crippen molar-refractivity contribution in [3.05, 3.63) is 24.0 Å². The number of aromatic nitrogens is 1. The Morgan fingerprint density at radius 2 is 2.26 bits per heavy atom. The molecule has 0 aromatic carbocycles. The number of piperidine rings is 1. The van der Waals surface area contributed by atoms with Gasteiger partial charge in [0.1, 0.15) is 5.75 Å². The van der Waals surface area contributed by atoms with Crippen LogP contribution in [0.15, 0.2) is 18.3 Å². The summed E-state index contributed by atoms with van der Waals surface area (Å²) < 4.78 is 43.6. The Bertz CT molecular complexity index is 423. The highest BCUT2D eigenvalue weighted by molar-refractivity contribution is 5.29. The van der Waals surface area contributed by atoms with Crippen LogP contribution in [-0.4, -0.2) is 24.2 Å². The number of hydrogen-bond donors (Lipinski definition) is 1. The number of halogens is 3. The molecule has 106 valence electrons. The van der Waals surface area contributed by atoms with Crippen LogP contribution in [0.2, 0.25) is 0 Å². The Balaban J connectivity index is 2.03. The van der Waals surface area contributed by atoms with Gasteiger partial charge in [-0.05, 0) is 38.4 Å². The minimum Gasteiger partial charge on any atom is -0.491 e. The maximum atomic E-state index is 12.7. The van der Waals surface area contributed by atoms with Gasteiger partial charge in [0.25, 0.3) is 0 Å². The molecule has 0 spiro atoms. The normalized spacial score (nSPS) is 24.2. The molecule has 2 atom stereocenters. The van der Waals surface area contributed by atoms with Gasteiger partial charge in [-0.25, -0.2) is 4.98 Å². The summed E-state index contributed by atoms with van der Waals surface area (Å²) in [4.78, 5) is 3.37. The molecule has 2 heterocycles. The molecule has 0 saturated carbocycles. The lowest BCUT2D eigenvalue weighted by Crippen LogP contribution is -2.41. The van der Waals surface area contributed by atoms with Crippen LogP contribution in [0.25, 0.3) is 0 Å². The summed E-state index contributed by atoms with van der Waals surface area (Å²) in [7, 11) is 0. The summed E-state index contributed by atoms with van der Waals surface area (Å²) in [5.41, 5.74) is -0.952. The van der Waals surface area contributed by atoms with Gasteiger partial charge in [0.05, 0.1) is 6.61 Å². The zero-order valence-corrected chi connectivity index (χ0v) is 10.7. The van der Waals surface area contributed by atoms with Gasteiger partial charge in [-0.2, -0.15) is 13.2 Å². The van der Waals surface area contributed by atoms with Crippen molar-refractivity contribution in [2.24, 2.45) is 5.92 Å². The van der Waals surface area contributed by atoms with Crippen molar-refractivity contribution < 1.29 is 17.9 Å². The van der Waals surface area contributed by atoms with Gasteiger partial charge in [-0.1, -0.05) is 0 Å². The zero-order chi connectivity index (χ0) is 13.9. The zero-order valence-electron chi connectivity index (χ0n) is 10.7. The molecule has 0 aliphatic carbocycles. The molecule has 6 heteroatoms. The Hall–Kier alpha value is -1.30. The van der Waals surface area contributed by atoms with E-state index < -0.39 is 11.9 Å². The first-order chi connectivity index (χ1) is 8.98. The van der Waals surface area contributed by atoms with E-state index in [1.807, 2.05) is 6.92 Å². The maximum absolute atomic E-state index is 12.7. The highest BCUT2D eigenvalue weighted by atomic mass is 19.4. The predicted octanol–water partition coefficient (Wildman–Crippen LogP) is 2.87. The van der Waals surface area contributed by atoms with Gasteiger partial charge < -0.3 is 10.1 Å². The summed E-state index contributed by atoms with van der Waals surface area (Å²) in [6.45, 7) is 3.27. The lowest BCUT2D eigenvalue weighted by atomic mass is 9.93. The van der Waals surface area contributed by atoms with E-state index in [0.717, 1.165) is 25.6 Å². The summed E-state index contributed by atoms with van der Waals surface area (Å²) in [6.07, 6.45) is -1.36. The van der Waals surface area contributed by atoms with Crippen LogP contribution in [0.3, 0.4) is 0 Å². The van der Waals surface area contributed by atoms with Crippen LogP contribution in [0.4, 0.5) is 13.2 Å². The Morgan fingerprint density at radius 3 is 2.95 bits per heavy atom. The first-order valence-electron chi connectivity index (χ1n) is 6.37. The molecule has 1 saturated heterocycles. The largest absolute Gasteiger partial charge is 0.491 e. The number of pyridine rings is 1. The topological polar surface area (TPSA) is 34.1 Å². The van der Waals surface area contributed by atoms with Gasteiger partial charge in [0, 0.05) is 18.2 Å². The van der Waals surface area contributed by atoms with E-state index >= 15 is 0 Å². The highest BCUT2D eigenvalue weighted by Gasteiger charge is 2.36. The van der Waals surface area contributed by atoms with Crippen molar-refractivity contribution in [3.8, 4) is 5.75 Å². The second-order valence-electron chi connectivity index (χ2n) is 4.80. The molecule has 0 radical (unpaired) electrons. The maximum Gasteiger partial charge on any atom is 0.437 e. The van der Waals surface area contributed by atoms with Crippen molar-refractivity contribution in [2.75, 3.05) is 13.2 Å². The minimum absolute atomic E-state index is 0.187. The van der Waals surface area contributed by atoms with E-state index in [9.17, 15) is 13.2 Å². The van der Waals surface area contributed by atoms with Crippen LogP contribution in [0.1, 0.15) is 25.5 Å². The first kappa shape index (κ1) is 14.1. The monoisotopic (exact) mass is 274 g/mol. The summed E-state index contributed by atoms with van der Waals surface area (Å²) >= 11 is 0. The second-order valence-corrected chi connectivity index (χ2v) is 4.80. The molecule has 3 nitrogen and oxygen atoms in total. The Morgan fingerprint density at radius 1 is 1.47 bits per heavy atom. The Labute approximate surface area is 110 Å². The molecular weight excluding hydrogens is 257 g/mol. The van der Waals surface area contributed by atoms with Crippen LogP contribution < -0.4 is 10.1 Å². The van der Waals surface area contributed by atoms with Gasteiger partial charge >= 0.3 is 6.18 Å². The standard InChI is InChI=1S/C13H17F3N2O/c1-9-10(4-2-6-17-9)8-19-11-5-3-7-18-12(11)13(14,15)16/h3,5,7,9-10,17H,2,4,6,8H2,1H3. The van der Waals surface area contributed by atoms with Crippen molar-refractivity contribution in [1.29, 1.82) is 0 Å². The predicted molar refractivity (Wildman–Crippen MR) is 64.9 cm³/mol. The van der Waals surface area contributed by atoms with Crippen molar-refractivity contribution in [3.63, 3.8) is 0 Å². The van der Waals surface area contributed by atoms with Crippen LogP contribution >= 0.6 is 0 Å². The van der Waals surface area contributed by atoms with E-state index in [1.165, 1.54) is 12.1 Å². The SMILES string of the molecule is CC1NCCCC1COc1cccnc1C(F)(F)F. The smallest absolute Gasteiger partial charge is 0.437 e. The van der Waals surface area contributed by atoms with E-state index in [-0.39, 0.29) is 24.3 Å². The summed E-state index contributed by atoms with van der Waals surface area (Å²) in [5.74, 6) is 0.0443. The average Bonchev–Trinajstić information content (AvgIpc) is 2.37. The number of hydrogen-bond acceptors (Lipinski definition) is 3. The van der Waals surface area contributed by atoms with E-state index in [1.54, 1.807) is 0 Å². The first-order valence-corrected chi connectivity index (χ1v) is 6.37. The summed E-state index contributed by atoms with van der Waals surface area (Å²) in [6, 6.07) is 3.03. The molecule has 2 rings (SSSR count). The quantitative estimate of drug-likeness (QED) is 0.920. The fraction of sp³-hybridized carbons (Fsp3) is 0.615. The van der Waals surface area contributed by atoms with Gasteiger partial charge in [-0.15, -0.1) is 0 Å². The minimum atomic E-state index is -4.48. The molecule has 1 aromatic rings. The molecule has 1 aliphatic rings. The molecular formula is C13H17F3N2O. The second kappa shape index (κ2) is 5.77. The third kappa shape index (κ3) is 3.59. The fourth-order valence-corrected chi connectivity index (χ4v) is 2.26. The van der Waals surface area contributed by atoms with E-state index in [2.05, 4.69) is 10.3 Å². The molecule has 2 unspecified atom stereocenters. The number of nitrogens with one attached hydrogen (secondary N) is 1. The summed E-state index contributed by atoms with van der Waals surface area (Å²) in [5, 5.41) is 3.30. The average molecular weight is 274 g/mol. The molecule has 0 bridgehead atoms. The van der Waals surface area contributed by atoms with Gasteiger partial charge in [-0.3, -0.25) is 0 Å². The molecule has 1 fully saturated rings. The number of rotatable bonds is 3. The number of nitrogens with zero attached hydrogens (tertiary/aromatic N) is 1. The highest BCUT2D eigenvalue weighted by Crippen LogP contribution is 2.34. The van der Waals surface area contributed by atoms with Crippen molar-refractivity contribution in [2.45, 2.75) is 32.0 Å². The molecule has 0 amide bonds. The third-order valence-corrected chi connectivity index (χ3v) is 3.42. The third-order valence-electron chi connectivity index (χ3n) is 3.42. The molecule has 19 heavy (non-hydrogen) atoms. The number of ether oxygens (including phenoxy) is 1. The lowest BCUT2D eigenvalue weighted by Gasteiger charge is -2.30. The fourth-order valence-electron chi connectivity index (χ4n) is 2.26. The lowest BCUT2D eigenvalue weighted by molar-refractivity contribution is -0.142.